The second kappa shape index (κ2) is 4.37. The van der Waals surface area contributed by atoms with Crippen LogP contribution in [0.15, 0.2) is 48.5 Å². The number of nitro benzene ring substituents is 1. The second-order valence-electron chi connectivity index (χ2n) is 4.00. The summed E-state index contributed by atoms with van der Waals surface area (Å²) < 4.78 is 1.57. The summed E-state index contributed by atoms with van der Waals surface area (Å²) in [6.45, 7) is 0. The number of fused-ring (bicyclic) bond motifs is 1. The molecule has 6 heteroatoms. The van der Waals surface area contributed by atoms with Crippen LogP contribution < -0.4 is 0 Å². The molecule has 0 atom stereocenters. The first kappa shape index (κ1) is 11.7. The van der Waals surface area contributed by atoms with E-state index in [4.69, 9.17) is 11.6 Å². The molecule has 19 heavy (non-hydrogen) atoms. The van der Waals surface area contributed by atoms with Crippen molar-refractivity contribution < 1.29 is 4.92 Å². The van der Waals surface area contributed by atoms with Gasteiger partial charge in [-0.1, -0.05) is 29.8 Å². The van der Waals surface area contributed by atoms with Crippen LogP contribution in [0.3, 0.4) is 0 Å². The normalized spacial score (nSPS) is 10.8. The van der Waals surface area contributed by atoms with E-state index in [1.54, 1.807) is 10.7 Å². The van der Waals surface area contributed by atoms with E-state index in [-0.39, 0.29) is 5.69 Å². The molecule has 0 aliphatic carbocycles. The van der Waals surface area contributed by atoms with Crippen molar-refractivity contribution in [3.05, 3.63) is 63.8 Å². The number of halogens is 1. The molecule has 0 bridgehead atoms. The first-order chi connectivity index (χ1) is 9.16. The van der Waals surface area contributed by atoms with Gasteiger partial charge in [0.1, 0.15) is 5.15 Å². The van der Waals surface area contributed by atoms with Crippen molar-refractivity contribution in [1.82, 2.24) is 9.78 Å². The molecule has 0 saturated heterocycles. The van der Waals surface area contributed by atoms with Gasteiger partial charge in [0.25, 0.3) is 5.69 Å². The van der Waals surface area contributed by atoms with Crippen molar-refractivity contribution >= 4 is 28.2 Å². The van der Waals surface area contributed by atoms with E-state index < -0.39 is 4.92 Å². The minimum absolute atomic E-state index is 0.00186. The van der Waals surface area contributed by atoms with Crippen molar-refractivity contribution in [1.29, 1.82) is 0 Å². The highest BCUT2D eigenvalue weighted by molar-refractivity contribution is 6.34. The Balaban J connectivity index is 2.24. The number of para-hydroxylation sites is 1. The predicted octanol–water partition coefficient (Wildman–Crippen LogP) is 3.59. The van der Waals surface area contributed by atoms with Gasteiger partial charge >= 0.3 is 0 Å². The van der Waals surface area contributed by atoms with E-state index in [1.165, 1.54) is 12.1 Å². The molecule has 0 radical (unpaired) electrons. The lowest BCUT2D eigenvalue weighted by molar-refractivity contribution is -0.384. The third kappa shape index (κ3) is 1.94. The molecule has 94 valence electrons. The van der Waals surface area contributed by atoms with Gasteiger partial charge in [0.2, 0.25) is 0 Å². The number of nitrogens with zero attached hydrogens (tertiary/aromatic N) is 3. The van der Waals surface area contributed by atoms with Crippen LogP contribution in [0.1, 0.15) is 0 Å². The highest BCUT2D eigenvalue weighted by Crippen LogP contribution is 2.29. The van der Waals surface area contributed by atoms with Gasteiger partial charge in [0.15, 0.2) is 0 Å². The molecule has 0 N–H and O–H groups in total. The topological polar surface area (TPSA) is 61.0 Å². The van der Waals surface area contributed by atoms with Crippen LogP contribution in [0.4, 0.5) is 5.69 Å². The summed E-state index contributed by atoms with van der Waals surface area (Å²) in [5, 5.41) is 16.0. The Morgan fingerprint density at radius 2 is 1.89 bits per heavy atom. The van der Waals surface area contributed by atoms with E-state index >= 15 is 0 Å². The fourth-order valence-corrected chi connectivity index (χ4v) is 2.18. The van der Waals surface area contributed by atoms with Gasteiger partial charge in [-0.15, -0.1) is 0 Å². The van der Waals surface area contributed by atoms with Gasteiger partial charge in [-0.05, 0) is 18.2 Å². The quantitative estimate of drug-likeness (QED) is 0.529. The van der Waals surface area contributed by atoms with Crippen LogP contribution in [0.2, 0.25) is 5.15 Å². The van der Waals surface area contributed by atoms with Crippen LogP contribution in [-0.2, 0) is 0 Å². The molecule has 5 nitrogen and oxygen atoms in total. The fourth-order valence-electron chi connectivity index (χ4n) is 1.90. The van der Waals surface area contributed by atoms with E-state index in [0.717, 1.165) is 5.69 Å². The molecule has 0 aliphatic heterocycles. The highest BCUT2D eigenvalue weighted by Gasteiger charge is 2.14. The maximum Gasteiger partial charge on any atom is 0.270 e. The second-order valence-corrected chi connectivity index (χ2v) is 4.35. The first-order valence-corrected chi connectivity index (χ1v) is 5.93. The summed E-state index contributed by atoms with van der Waals surface area (Å²) in [5.41, 5.74) is 1.44. The number of hydrogen-bond donors (Lipinski definition) is 0. The van der Waals surface area contributed by atoms with Gasteiger partial charge < -0.3 is 0 Å². The van der Waals surface area contributed by atoms with Gasteiger partial charge in [0, 0.05) is 17.5 Å². The predicted molar refractivity (Wildman–Crippen MR) is 72.7 cm³/mol. The number of benzene rings is 2. The van der Waals surface area contributed by atoms with Crippen LogP contribution in [0.25, 0.3) is 16.6 Å². The van der Waals surface area contributed by atoms with Crippen molar-refractivity contribution in [3.63, 3.8) is 0 Å². The highest BCUT2D eigenvalue weighted by atomic mass is 35.5. The SMILES string of the molecule is O=[N+]([O-])c1ccc2nn(-c3ccccc3)c(Cl)c2c1. The number of nitro groups is 1. The Morgan fingerprint density at radius 1 is 1.16 bits per heavy atom. The lowest BCUT2D eigenvalue weighted by Gasteiger charge is -2.01. The summed E-state index contributed by atoms with van der Waals surface area (Å²) in [5.74, 6) is 0. The standard InChI is InChI=1S/C13H8ClN3O2/c14-13-11-8-10(17(18)19)6-7-12(11)15-16(13)9-4-2-1-3-5-9/h1-8H. The Hall–Kier alpha value is -2.40. The number of non-ortho nitro benzene ring substituents is 1. The third-order valence-electron chi connectivity index (χ3n) is 2.81. The lowest BCUT2D eigenvalue weighted by Crippen LogP contribution is -1.94. The molecule has 0 fully saturated rings. The van der Waals surface area contributed by atoms with Crippen molar-refractivity contribution in [2.24, 2.45) is 0 Å². The number of aromatic nitrogens is 2. The number of hydrogen-bond acceptors (Lipinski definition) is 3. The van der Waals surface area contributed by atoms with Crippen LogP contribution in [-0.4, -0.2) is 14.7 Å². The molecule has 0 aliphatic rings. The lowest BCUT2D eigenvalue weighted by atomic mass is 10.2. The summed E-state index contributed by atoms with van der Waals surface area (Å²) in [6, 6.07) is 13.8. The minimum atomic E-state index is -0.449. The summed E-state index contributed by atoms with van der Waals surface area (Å²) in [6.07, 6.45) is 0. The Morgan fingerprint density at radius 3 is 2.58 bits per heavy atom. The maximum atomic E-state index is 10.8. The van der Waals surface area contributed by atoms with Crippen molar-refractivity contribution in [2.75, 3.05) is 0 Å². The Labute approximate surface area is 113 Å². The molecule has 0 spiro atoms. The zero-order valence-corrected chi connectivity index (χ0v) is 10.4. The molecule has 3 rings (SSSR count). The molecule has 2 aromatic carbocycles. The molecule has 0 saturated carbocycles. The monoisotopic (exact) mass is 273 g/mol. The largest absolute Gasteiger partial charge is 0.270 e. The van der Waals surface area contributed by atoms with Crippen molar-refractivity contribution in [2.45, 2.75) is 0 Å². The molecule has 3 aromatic rings. The maximum absolute atomic E-state index is 10.8. The van der Waals surface area contributed by atoms with Crippen molar-refractivity contribution in [3.8, 4) is 5.69 Å². The third-order valence-corrected chi connectivity index (χ3v) is 3.17. The van der Waals surface area contributed by atoms with Crippen LogP contribution in [0, 0.1) is 10.1 Å². The molecule has 1 aromatic heterocycles. The zero-order chi connectivity index (χ0) is 13.4. The number of rotatable bonds is 2. The molecular weight excluding hydrogens is 266 g/mol. The summed E-state index contributed by atoms with van der Waals surface area (Å²) in [4.78, 5) is 10.3. The van der Waals surface area contributed by atoms with E-state index in [0.29, 0.717) is 16.1 Å². The molecular formula is C13H8ClN3O2. The average Bonchev–Trinajstić information content (AvgIpc) is 2.77. The van der Waals surface area contributed by atoms with Gasteiger partial charge in [-0.3, -0.25) is 10.1 Å². The summed E-state index contributed by atoms with van der Waals surface area (Å²) in [7, 11) is 0. The minimum Gasteiger partial charge on any atom is -0.258 e. The van der Waals surface area contributed by atoms with Gasteiger partial charge in [-0.2, -0.15) is 5.10 Å². The molecule has 0 unspecified atom stereocenters. The average molecular weight is 274 g/mol. The van der Waals surface area contributed by atoms with E-state index in [1.807, 2.05) is 30.3 Å². The van der Waals surface area contributed by atoms with E-state index in [9.17, 15) is 10.1 Å². The van der Waals surface area contributed by atoms with Crippen LogP contribution in [0.5, 0.6) is 0 Å². The molecule has 1 heterocycles. The first-order valence-electron chi connectivity index (χ1n) is 5.55. The molecule has 0 amide bonds. The van der Waals surface area contributed by atoms with Gasteiger partial charge in [-0.25, -0.2) is 4.68 Å². The Kier molecular flexibility index (Phi) is 2.68. The smallest absolute Gasteiger partial charge is 0.258 e. The summed E-state index contributed by atoms with van der Waals surface area (Å²) >= 11 is 6.25. The van der Waals surface area contributed by atoms with E-state index in [2.05, 4.69) is 5.10 Å². The fraction of sp³-hybridized carbons (Fsp3) is 0. The van der Waals surface area contributed by atoms with Gasteiger partial charge in [0.05, 0.1) is 16.1 Å². The zero-order valence-electron chi connectivity index (χ0n) is 9.65. The Bertz CT molecular complexity index is 768. The van der Waals surface area contributed by atoms with Crippen LogP contribution >= 0.6 is 11.6 Å².